The first kappa shape index (κ1) is 23.0. The van der Waals surface area contributed by atoms with E-state index in [4.69, 9.17) is 4.74 Å². The second-order valence-electron chi connectivity index (χ2n) is 6.94. The van der Waals surface area contributed by atoms with Gasteiger partial charge in [0.15, 0.2) is 0 Å². The Labute approximate surface area is 181 Å². The van der Waals surface area contributed by atoms with Gasteiger partial charge in [-0.3, -0.25) is 9.59 Å². The van der Waals surface area contributed by atoms with Gasteiger partial charge in [-0.25, -0.2) is 0 Å². The van der Waals surface area contributed by atoms with E-state index >= 15 is 0 Å². The summed E-state index contributed by atoms with van der Waals surface area (Å²) in [4.78, 5) is 27.0. The molecule has 2 amide bonds. The van der Waals surface area contributed by atoms with Crippen molar-refractivity contribution >= 4 is 29.3 Å². The van der Waals surface area contributed by atoms with Crippen molar-refractivity contribution in [2.75, 3.05) is 32.1 Å². The molecule has 2 atom stereocenters. The van der Waals surface area contributed by atoms with Crippen LogP contribution in [0.1, 0.15) is 10.8 Å². The summed E-state index contributed by atoms with van der Waals surface area (Å²) in [5, 5.41) is 10.2. The Morgan fingerprint density at radius 2 is 1.84 bits per heavy atom. The van der Waals surface area contributed by atoms with E-state index in [1.807, 2.05) is 0 Å². The van der Waals surface area contributed by atoms with E-state index < -0.39 is 29.3 Å². The minimum Gasteiger partial charge on any atom is -0.497 e. The SMILES string of the molecule is COc1ccc([C@@H]2Sc3ccccc3N(CCN(C)C(=O)C(F)(F)F)C(=O)[C@@H]2O)cc1. The van der Waals surface area contributed by atoms with Crippen LogP contribution in [0, 0.1) is 0 Å². The molecule has 3 rings (SSSR count). The summed E-state index contributed by atoms with van der Waals surface area (Å²) < 4.78 is 43.2. The number of aliphatic hydroxyl groups is 1. The van der Waals surface area contributed by atoms with E-state index in [0.717, 1.165) is 7.05 Å². The molecule has 0 unspecified atom stereocenters. The van der Waals surface area contributed by atoms with Crippen LogP contribution in [-0.4, -0.2) is 61.3 Å². The number of halogens is 3. The van der Waals surface area contributed by atoms with E-state index in [1.54, 1.807) is 48.5 Å². The molecule has 0 radical (unpaired) electrons. The van der Waals surface area contributed by atoms with E-state index in [9.17, 15) is 27.9 Å². The fourth-order valence-corrected chi connectivity index (χ4v) is 4.50. The standard InChI is InChI=1S/C21H21F3N2O4S/c1-25(20(29)21(22,23)24)11-12-26-15-5-3-4-6-16(15)31-18(17(27)19(26)28)13-7-9-14(30-2)10-8-13/h3-10,17-18,27H,11-12H2,1-2H3/t17-,18+/m1/s1. The van der Waals surface area contributed by atoms with Crippen LogP contribution in [0.3, 0.4) is 0 Å². The third-order valence-corrected chi connectivity index (χ3v) is 6.29. The van der Waals surface area contributed by atoms with Gasteiger partial charge in [-0.2, -0.15) is 13.2 Å². The minimum atomic E-state index is -5.00. The van der Waals surface area contributed by atoms with Crippen LogP contribution in [0.4, 0.5) is 18.9 Å². The normalized spacial score (nSPS) is 18.9. The molecule has 1 heterocycles. The molecular weight excluding hydrogens is 433 g/mol. The number of carbonyl (C=O) groups excluding carboxylic acids is 2. The number of likely N-dealkylation sites (N-methyl/N-ethyl adjacent to an activating group) is 1. The maximum Gasteiger partial charge on any atom is 0.471 e. The number of nitrogens with zero attached hydrogens (tertiary/aromatic N) is 2. The van der Waals surface area contributed by atoms with E-state index in [-0.39, 0.29) is 13.1 Å². The van der Waals surface area contributed by atoms with Crippen molar-refractivity contribution in [2.45, 2.75) is 22.4 Å². The molecule has 166 valence electrons. The first-order valence-electron chi connectivity index (χ1n) is 9.35. The van der Waals surface area contributed by atoms with Crippen molar-refractivity contribution in [1.82, 2.24) is 4.90 Å². The highest BCUT2D eigenvalue weighted by Crippen LogP contribution is 2.45. The Balaban J connectivity index is 1.88. The summed E-state index contributed by atoms with van der Waals surface area (Å²) in [6.45, 7) is -0.538. The number of carbonyl (C=O) groups is 2. The van der Waals surface area contributed by atoms with Crippen LogP contribution < -0.4 is 9.64 Å². The zero-order chi connectivity index (χ0) is 22.8. The van der Waals surface area contributed by atoms with Crippen molar-refractivity contribution in [3.63, 3.8) is 0 Å². The van der Waals surface area contributed by atoms with Crippen molar-refractivity contribution in [1.29, 1.82) is 0 Å². The van der Waals surface area contributed by atoms with Crippen molar-refractivity contribution < 1.29 is 32.6 Å². The van der Waals surface area contributed by atoms with Crippen LogP contribution in [0.25, 0.3) is 0 Å². The molecule has 1 N–H and O–H groups in total. The van der Waals surface area contributed by atoms with Gasteiger partial charge in [-0.05, 0) is 29.8 Å². The van der Waals surface area contributed by atoms with Gasteiger partial charge < -0.3 is 19.6 Å². The molecule has 10 heteroatoms. The van der Waals surface area contributed by atoms with Gasteiger partial charge in [0.1, 0.15) is 11.9 Å². The highest BCUT2D eigenvalue weighted by Gasteiger charge is 2.42. The summed E-state index contributed by atoms with van der Waals surface area (Å²) in [6.07, 6.45) is -6.43. The Hall–Kier alpha value is -2.72. The van der Waals surface area contributed by atoms with Gasteiger partial charge in [0.05, 0.1) is 18.0 Å². The number of aliphatic hydroxyl groups excluding tert-OH is 1. The zero-order valence-corrected chi connectivity index (χ0v) is 17.6. The topological polar surface area (TPSA) is 70.1 Å². The number of para-hydroxylation sites is 1. The van der Waals surface area contributed by atoms with E-state index in [0.29, 0.717) is 26.8 Å². The number of rotatable bonds is 5. The van der Waals surface area contributed by atoms with Crippen molar-refractivity contribution in [2.24, 2.45) is 0 Å². The monoisotopic (exact) mass is 454 g/mol. The second-order valence-corrected chi connectivity index (χ2v) is 8.12. The lowest BCUT2D eigenvalue weighted by Crippen LogP contribution is -2.46. The minimum absolute atomic E-state index is 0.193. The highest BCUT2D eigenvalue weighted by atomic mass is 32.2. The molecule has 1 aliphatic rings. The number of amides is 2. The lowest BCUT2D eigenvalue weighted by atomic mass is 10.1. The fourth-order valence-electron chi connectivity index (χ4n) is 3.23. The maximum absolute atomic E-state index is 13.1. The molecule has 6 nitrogen and oxygen atoms in total. The average Bonchev–Trinajstić information content (AvgIpc) is 2.86. The molecule has 2 aromatic carbocycles. The van der Waals surface area contributed by atoms with Gasteiger partial charge in [-0.1, -0.05) is 24.3 Å². The Morgan fingerprint density at radius 1 is 1.19 bits per heavy atom. The molecular formula is C21H21F3N2O4S. The largest absolute Gasteiger partial charge is 0.497 e. The molecule has 2 aromatic rings. The van der Waals surface area contributed by atoms with Gasteiger partial charge in [0.25, 0.3) is 5.91 Å². The zero-order valence-electron chi connectivity index (χ0n) is 16.8. The second kappa shape index (κ2) is 9.19. The molecule has 0 aromatic heterocycles. The molecule has 0 saturated heterocycles. The molecule has 0 spiro atoms. The van der Waals surface area contributed by atoms with Gasteiger partial charge in [0.2, 0.25) is 0 Å². The summed E-state index contributed by atoms with van der Waals surface area (Å²) in [7, 11) is 2.55. The van der Waals surface area contributed by atoms with Gasteiger partial charge in [-0.15, -0.1) is 11.8 Å². The number of hydrogen-bond acceptors (Lipinski definition) is 5. The molecule has 0 bridgehead atoms. The predicted octanol–water partition coefficient (Wildman–Crippen LogP) is 3.26. The number of thioether (sulfide) groups is 1. The predicted molar refractivity (Wildman–Crippen MR) is 110 cm³/mol. The molecule has 0 aliphatic carbocycles. The van der Waals surface area contributed by atoms with Crippen molar-refractivity contribution in [3.05, 3.63) is 54.1 Å². The maximum atomic E-state index is 13.1. The molecule has 0 fully saturated rings. The number of anilines is 1. The molecule has 1 aliphatic heterocycles. The number of hydrogen-bond donors (Lipinski definition) is 1. The highest BCUT2D eigenvalue weighted by molar-refractivity contribution is 7.99. The van der Waals surface area contributed by atoms with Crippen LogP contribution in [0.15, 0.2) is 53.4 Å². The number of methoxy groups -OCH3 is 1. The lowest BCUT2D eigenvalue weighted by molar-refractivity contribution is -0.183. The summed E-state index contributed by atoms with van der Waals surface area (Å²) in [5.41, 5.74) is 1.17. The van der Waals surface area contributed by atoms with E-state index in [2.05, 4.69) is 0 Å². The summed E-state index contributed by atoms with van der Waals surface area (Å²) in [5.74, 6) is -2.01. The molecule has 0 saturated carbocycles. The Kier molecular flexibility index (Phi) is 6.80. The quantitative estimate of drug-likeness (QED) is 0.751. The smallest absolute Gasteiger partial charge is 0.471 e. The van der Waals surface area contributed by atoms with Crippen LogP contribution >= 0.6 is 11.8 Å². The number of ether oxygens (including phenoxy) is 1. The van der Waals surface area contributed by atoms with Crippen LogP contribution in [-0.2, 0) is 9.59 Å². The average molecular weight is 454 g/mol. The third-order valence-electron chi connectivity index (χ3n) is 4.91. The van der Waals surface area contributed by atoms with Crippen LogP contribution in [0.2, 0.25) is 0 Å². The van der Waals surface area contributed by atoms with Gasteiger partial charge in [0, 0.05) is 25.0 Å². The third kappa shape index (κ3) is 4.96. The summed E-state index contributed by atoms with van der Waals surface area (Å²) >= 11 is 1.29. The van der Waals surface area contributed by atoms with Gasteiger partial charge >= 0.3 is 12.1 Å². The molecule has 31 heavy (non-hydrogen) atoms. The summed E-state index contributed by atoms with van der Waals surface area (Å²) in [6, 6.07) is 13.9. The fraction of sp³-hybridized carbons (Fsp3) is 0.333. The first-order valence-corrected chi connectivity index (χ1v) is 10.2. The number of fused-ring (bicyclic) bond motifs is 1. The first-order chi connectivity index (χ1) is 14.6. The van der Waals surface area contributed by atoms with E-state index in [1.165, 1.54) is 23.8 Å². The Bertz CT molecular complexity index is 952. The number of alkyl halides is 3. The number of benzene rings is 2. The van der Waals surface area contributed by atoms with Crippen LogP contribution in [0.5, 0.6) is 5.75 Å². The lowest BCUT2D eigenvalue weighted by Gasteiger charge is -2.27. The van der Waals surface area contributed by atoms with Crippen molar-refractivity contribution in [3.8, 4) is 5.75 Å². The Morgan fingerprint density at radius 3 is 2.45 bits per heavy atom.